The van der Waals surface area contributed by atoms with E-state index in [0.29, 0.717) is 17.4 Å². The first-order chi connectivity index (χ1) is 35.6. The highest BCUT2D eigenvalue weighted by molar-refractivity contribution is 5.70. The van der Waals surface area contributed by atoms with Gasteiger partial charge in [-0.3, -0.25) is 9.59 Å². The van der Waals surface area contributed by atoms with Gasteiger partial charge in [0.05, 0.1) is 40.3 Å². The second-order valence-electron chi connectivity index (χ2n) is 21.6. The van der Waals surface area contributed by atoms with E-state index < -0.39 is 24.3 Å². The number of hydrogen-bond acceptors (Lipinski definition) is 8. The van der Waals surface area contributed by atoms with Crippen molar-refractivity contribution < 1.29 is 42.9 Å². The van der Waals surface area contributed by atoms with Crippen molar-refractivity contribution in [2.45, 2.75) is 283 Å². The minimum atomic E-state index is -1.62. The van der Waals surface area contributed by atoms with Crippen LogP contribution in [0.25, 0.3) is 0 Å². The number of nitrogens with zero attached hydrogens (tertiary/aromatic N) is 1. The SMILES string of the molecule is CC/C=C\C/C=C\C/C=C\C/C=C\CCCCCCCCCCCCCCCCCCCCCCC(=O)OC(COC(=O)CCCCCCC/C=C\CCCCCCCC)COC(OCC[N+](C)(C)C)C(=O)[O-]. The Hall–Kier alpha value is -3.01. The Morgan fingerprint density at radius 1 is 0.425 bits per heavy atom. The number of allylic oxidation sites excluding steroid dienone is 10. The molecule has 0 saturated carbocycles. The molecule has 0 amide bonds. The molecule has 424 valence electrons. The van der Waals surface area contributed by atoms with Crippen molar-refractivity contribution in [1.82, 2.24) is 0 Å². The first-order valence-corrected chi connectivity index (χ1v) is 30.4. The molecule has 0 N–H and O–H groups in total. The quantitative estimate of drug-likeness (QED) is 0.0195. The highest BCUT2D eigenvalue weighted by Crippen LogP contribution is 2.17. The van der Waals surface area contributed by atoms with Crippen molar-refractivity contribution in [3.8, 4) is 0 Å². The van der Waals surface area contributed by atoms with Crippen molar-refractivity contribution in [3.63, 3.8) is 0 Å². The van der Waals surface area contributed by atoms with Gasteiger partial charge in [-0.05, 0) is 77.0 Å². The van der Waals surface area contributed by atoms with Crippen LogP contribution in [0.5, 0.6) is 0 Å². The summed E-state index contributed by atoms with van der Waals surface area (Å²) in [6.45, 7) is 4.64. The van der Waals surface area contributed by atoms with E-state index in [9.17, 15) is 19.5 Å². The van der Waals surface area contributed by atoms with Crippen LogP contribution in [0, 0.1) is 0 Å². The highest BCUT2D eigenvalue weighted by Gasteiger charge is 2.22. The number of esters is 2. The largest absolute Gasteiger partial charge is 0.545 e. The Morgan fingerprint density at radius 2 is 0.781 bits per heavy atom. The van der Waals surface area contributed by atoms with Gasteiger partial charge in [-0.15, -0.1) is 0 Å². The van der Waals surface area contributed by atoms with Gasteiger partial charge in [0.1, 0.15) is 13.2 Å². The lowest BCUT2D eigenvalue weighted by Gasteiger charge is -2.26. The van der Waals surface area contributed by atoms with Gasteiger partial charge >= 0.3 is 11.9 Å². The van der Waals surface area contributed by atoms with E-state index in [1.807, 2.05) is 21.1 Å². The summed E-state index contributed by atoms with van der Waals surface area (Å²) < 4.78 is 22.7. The number of carbonyl (C=O) groups excluding carboxylic acids is 3. The van der Waals surface area contributed by atoms with Crippen LogP contribution < -0.4 is 5.11 Å². The van der Waals surface area contributed by atoms with Crippen molar-refractivity contribution in [1.29, 1.82) is 0 Å². The summed E-state index contributed by atoms with van der Waals surface area (Å²) in [5.41, 5.74) is 0. The van der Waals surface area contributed by atoms with E-state index in [1.54, 1.807) is 0 Å². The summed E-state index contributed by atoms with van der Waals surface area (Å²) in [7, 11) is 5.92. The standard InChI is InChI=1S/C64H115NO8/c1-6-8-10-12-14-16-18-20-22-23-24-25-26-27-28-29-30-31-32-33-34-35-36-37-38-39-41-43-45-47-49-51-53-55-62(67)73-60(59-72-64(63(68)69)70-57-56-65(3,4)5)58-71-61(66)54-52-50-48-46-44-42-40-21-19-17-15-13-11-9-7-2/h8,10,14,16,20-22,24-25,40,60,64H,6-7,9,11-13,15,17-19,23,26-39,41-59H2,1-5H3/b10-8-,16-14-,22-20-,25-24-,40-21-. The van der Waals surface area contributed by atoms with Crippen LogP contribution in [0.15, 0.2) is 60.8 Å². The molecule has 0 fully saturated rings. The molecule has 0 aliphatic rings. The smallest absolute Gasteiger partial charge is 0.306 e. The number of ether oxygens (including phenoxy) is 4. The maximum Gasteiger partial charge on any atom is 0.306 e. The molecule has 0 spiro atoms. The molecule has 0 bridgehead atoms. The summed E-state index contributed by atoms with van der Waals surface area (Å²) in [6, 6.07) is 0. The van der Waals surface area contributed by atoms with Crippen LogP contribution in [-0.4, -0.2) is 82.3 Å². The molecule has 0 radical (unpaired) electrons. The Bertz CT molecular complexity index is 1380. The molecule has 0 aromatic rings. The molecule has 0 heterocycles. The average Bonchev–Trinajstić information content (AvgIpc) is 3.36. The lowest BCUT2D eigenvalue weighted by molar-refractivity contribution is -0.870. The first-order valence-electron chi connectivity index (χ1n) is 30.4. The summed E-state index contributed by atoms with van der Waals surface area (Å²) in [5, 5.41) is 11.8. The number of carboxylic acids is 1. The van der Waals surface area contributed by atoms with E-state index in [1.165, 1.54) is 161 Å². The molecule has 9 nitrogen and oxygen atoms in total. The van der Waals surface area contributed by atoms with Crippen LogP contribution >= 0.6 is 0 Å². The fraction of sp³-hybridized carbons (Fsp3) is 0.797. The first kappa shape index (κ1) is 70.0. The molecule has 2 unspecified atom stereocenters. The Balaban J connectivity index is 4.08. The maximum absolute atomic E-state index is 12.9. The molecule has 2 atom stereocenters. The molecule has 0 saturated heterocycles. The number of hydrogen-bond donors (Lipinski definition) is 0. The number of likely N-dealkylation sites (N-methyl/N-ethyl adjacent to an activating group) is 1. The second kappa shape index (κ2) is 55.2. The number of unbranched alkanes of at least 4 members (excludes halogenated alkanes) is 31. The lowest BCUT2D eigenvalue weighted by atomic mass is 10.0. The predicted molar refractivity (Wildman–Crippen MR) is 306 cm³/mol. The molecule has 0 aromatic carbocycles. The van der Waals surface area contributed by atoms with Gasteiger partial charge in [-0.2, -0.15) is 0 Å². The zero-order chi connectivity index (χ0) is 53.4. The van der Waals surface area contributed by atoms with Gasteiger partial charge in [0, 0.05) is 12.8 Å². The molecular weight excluding hydrogens is 911 g/mol. The highest BCUT2D eigenvalue weighted by atomic mass is 16.7. The molecule has 0 aromatic heterocycles. The van der Waals surface area contributed by atoms with Gasteiger partial charge in [0.2, 0.25) is 0 Å². The number of quaternary nitrogens is 1. The van der Waals surface area contributed by atoms with Crippen LogP contribution in [-0.2, 0) is 33.3 Å². The van der Waals surface area contributed by atoms with Gasteiger partial charge in [-0.25, -0.2) is 0 Å². The van der Waals surface area contributed by atoms with Crippen molar-refractivity contribution in [2.75, 3.05) is 47.5 Å². The zero-order valence-electron chi connectivity index (χ0n) is 48.3. The third-order valence-electron chi connectivity index (χ3n) is 13.2. The monoisotopic (exact) mass is 1030 g/mol. The predicted octanol–water partition coefficient (Wildman–Crippen LogP) is 16.7. The Morgan fingerprint density at radius 3 is 1.18 bits per heavy atom. The number of carboxylic acid groups (broad SMARTS) is 1. The van der Waals surface area contributed by atoms with E-state index in [-0.39, 0.29) is 38.6 Å². The minimum Gasteiger partial charge on any atom is -0.545 e. The number of aliphatic carboxylic acids is 1. The van der Waals surface area contributed by atoms with Gasteiger partial charge < -0.3 is 33.3 Å². The fourth-order valence-corrected chi connectivity index (χ4v) is 8.58. The van der Waals surface area contributed by atoms with Crippen molar-refractivity contribution in [3.05, 3.63) is 60.8 Å². The van der Waals surface area contributed by atoms with E-state index >= 15 is 0 Å². The minimum absolute atomic E-state index is 0.147. The van der Waals surface area contributed by atoms with Gasteiger partial charge in [-0.1, -0.05) is 242 Å². The topological polar surface area (TPSA) is 111 Å². The summed E-state index contributed by atoms with van der Waals surface area (Å²) in [4.78, 5) is 37.3. The number of rotatable bonds is 56. The van der Waals surface area contributed by atoms with E-state index in [0.717, 1.165) is 77.0 Å². The maximum atomic E-state index is 12.9. The second-order valence-corrected chi connectivity index (χ2v) is 21.6. The Labute approximate surface area is 450 Å². The zero-order valence-corrected chi connectivity index (χ0v) is 48.3. The fourth-order valence-electron chi connectivity index (χ4n) is 8.58. The molecule has 0 aliphatic carbocycles. The van der Waals surface area contributed by atoms with Crippen molar-refractivity contribution in [2.24, 2.45) is 0 Å². The van der Waals surface area contributed by atoms with E-state index in [4.69, 9.17) is 18.9 Å². The third-order valence-corrected chi connectivity index (χ3v) is 13.2. The van der Waals surface area contributed by atoms with Crippen LogP contribution in [0.2, 0.25) is 0 Å². The molecule has 73 heavy (non-hydrogen) atoms. The third kappa shape index (κ3) is 56.6. The van der Waals surface area contributed by atoms with Crippen LogP contribution in [0.3, 0.4) is 0 Å². The molecule has 0 aliphatic heterocycles. The summed E-state index contributed by atoms with van der Waals surface area (Å²) in [6.07, 6.45) is 67.2. The summed E-state index contributed by atoms with van der Waals surface area (Å²) in [5.74, 6) is -2.28. The van der Waals surface area contributed by atoms with Crippen LogP contribution in [0.1, 0.15) is 271 Å². The number of carbonyl (C=O) groups is 3. The average molecular weight is 1030 g/mol. The van der Waals surface area contributed by atoms with Crippen LogP contribution in [0.4, 0.5) is 0 Å². The molecule has 0 rings (SSSR count). The Kier molecular flexibility index (Phi) is 53.0. The normalized spacial score (nSPS) is 13.2. The summed E-state index contributed by atoms with van der Waals surface area (Å²) >= 11 is 0. The molecular formula is C64H115NO8. The lowest BCUT2D eigenvalue weighted by Crippen LogP contribution is -2.44. The molecule has 9 heteroatoms. The van der Waals surface area contributed by atoms with Gasteiger partial charge in [0.25, 0.3) is 0 Å². The van der Waals surface area contributed by atoms with Crippen molar-refractivity contribution >= 4 is 17.9 Å². The van der Waals surface area contributed by atoms with Gasteiger partial charge in [0.15, 0.2) is 12.4 Å². The van der Waals surface area contributed by atoms with E-state index in [2.05, 4.69) is 74.6 Å².